The normalized spacial score (nSPS) is 12.8. The fourth-order valence-corrected chi connectivity index (χ4v) is 4.32. The molecule has 0 aliphatic heterocycles. The molecule has 3 aromatic rings. The maximum Gasteiger partial charge on any atom is 0.272 e. The first-order chi connectivity index (χ1) is 13.1. The van der Waals surface area contributed by atoms with E-state index in [1.165, 1.54) is 4.68 Å². The van der Waals surface area contributed by atoms with Gasteiger partial charge in [0, 0.05) is 6.61 Å². The van der Waals surface area contributed by atoms with E-state index >= 15 is 0 Å². The van der Waals surface area contributed by atoms with Gasteiger partial charge < -0.3 is 4.74 Å². The van der Waals surface area contributed by atoms with Crippen LogP contribution in [0.2, 0.25) is 0 Å². The average Bonchev–Trinajstić information content (AvgIpc) is 3.17. The van der Waals surface area contributed by atoms with Crippen molar-refractivity contribution in [2.75, 3.05) is 12.4 Å². The highest BCUT2D eigenvalue weighted by Crippen LogP contribution is 2.17. The quantitative estimate of drug-likeness (QED) is 0.526. The molecule has 1 aromatic heterocycles. The summed E-state index contributed by atoms with van der Waals surface area (Å²) < 4.78 is 32.4. The van der Waals surface area contributed by atoms with Gasteiger partial charge in [-0.2, -0.15) is 4.68 Å². The van der Waals surface area contributed by atoms with Crippen molar-refractivity contribution in [3.8, 4) is 5.69 Å². The summed E-state index contributed by atoms with van der Waals surface area (Å²) in [4.78, 5) is 0. The maximum absolute atomic E-state index is 12.7. The van der Waals surface area contributed by atoms with Gasteiger partial charge in [-0.3, -0.25) is 0 Å². The standard InChI is InChI=1S/C19H22N4O3S/c1-16(12-13-26-14-17-8-4-2-5-9-17)15-27(24,25)19-20-21-22-23(19)18-10-6-3-7-11-18/h2-11,16H,12-15H2,1H3/t16-/m0/s1. The molecule has 3 rings (SSSR count). The van der Waals surface area contributed by atoms with Gasteiger partial charge in [0.25, 0.3) is 5.16 Å². The van der Waals surface area contributed by atoms with Gasteiger partial charge in [0.1, 0.15) is 0 Å². The minimum Gasteiger partial charge on any atom is -0.377 e. The minimum absolute atomic E-state index is 0.0328. The molecule has 0 saturated heterocycles. The lowest BCUT2D eigenvalue weighted by Crippen LogP contribution is -2.19. The van der Waals surface area contributed by atoms with Crippen molar-refractivity contribution in [3.63, 3.8) is 0 Å². The predicted octanol–water partition coefficient (Wildman–Crippen LogP) is 2.68. The number of nitrogens with zero attached hydrogens (tertiary/aromatic N) is 4. The van der Waals surface area contributed by atoms with Crippen molar-refractivity contribution in [2.45, 2.75) is 25.1 Å². The summed E-state index contributed by atoms with van der Waals surface area (Å²) in [5.41, 5.74) is 1.71. The molecule has 0 unspecified atom stereocenters. The third-order valence-corrected chi connectivity index (χ3v) is 5.91. The Bertz CT molecular complexity index is 943. The number of aromatic nitrogens is 4. The topological polar surface area (TPSA) is 87.0 Å². The van der Waals surface area contributed by atoms with Gasteiger partial charge in [0.05, 0.1) is 18.0 Å². The summed E-state index contributed by atoms with van der Waals surface area (Å²) in [6.45, 7) is 2.90. The largest absolute Gasteiger partial charge is 0.377 e. The van der Waals surface area contributed by atoms with E-state index in [9.17, 15) is 8.42 Å². The van der Waals surface area contributed by atoms with Crippen molar-refractivity contribution in [3.05, 3.63) is 66.2 Å². The first-order valence-electron chi connectivity index (χ1n) is 8.74. The van der Waals surface area contributed by atoms with Crippen LogP contribution in [0.1, 0.15) is 18.9 Å². The number of hydrogen-bond donors (Lipinski definition) is 0. The zero-order valence-electron chi connectivity index (χ0n) is 15.1. The molecule has 142 valence electrons. The lowest BCUT2D eigenvalue weighted by molar-refractivity contribution is 0.111. The van der Waals surface area contributed by atoms with E-state index in [4.69, 9.17) is 4.74 Å². The zero-order valence-corrected chi connectivity index (χ0v) is 15.9. The van der Waals surface area contributed by atoms with Gasteiger partial charge >= 0.3 is 0 Å². The molecule has 1 atom stereocenters. The molecule has 0 aliphatic rings. The van der Waals surface area contributed by atoms with Gasteiger partial charge in [-0.05, 0) is 40.5 Å². The summed E-state index contributed by atoms with van der Waals surface area (Å²) in [6.07, 6.45) is 0.638. The van der Waals surface area contributed by atoms with E-state index in [1.807, 2.05) is 43.3 Å². The molecule has 0 spiro atoms. The Kier molecular flexibility index (Phi) is 6.31. The average molecular weight is 386 g/mol. The Morgan fingerprint density at radius 2 is 1.70 bits per heavy atom. The zero-order chi connectivity index (χ0) is 19.1. The molecule has 0 radical (unpaired) electrons. The van der Waals surface area contributed by atoms with Crippen molar-refractivity contribution in [2.24, 2.45) is 5.92 Å². The second-order valence-electron chi connectivity index (χ2n) is 6.42. The highest BCUT2D eigenvalue weighted by atomic mass is 32.2. The summed E-state index contributed by atoms with van der Waals surface area (Å²) >= 11 is 0. The molecular formula is C19H22N4O3S. The maximum atomic E-state index is 12.7. The number of sulfone groups is 1. The number of tetrazole rings is 1. The van der Waals surface area contributed by atoms with Crippen LogP contribution in [-0.4, -0.2) is 41.0 Å². The van der Waals surface area contributed by atoms with E-state index in [0.717, 1.165) is 5.56 Å². The van der Waals surface area contributed by atoms with Crippen molar-refractivity contribution >= 4 is 9.84 Å². The van der Waals surface area contributed by atoms with Gasteiger partial charge in [-0.1, -0.05) is 60.6 Å². The molecule has 0 bridgehead atoms. The lowest BCUT2D eigenvalue weighted by atomic mass is 10.1. The molecular weight excluding hydrogens is 364 g/mol. The number of ether oxygens (including phenoxy) is 1. The van der Waals surface area contributed by atoms with Crippen LogP contribution in [0.25, 0.3) is 5.69 Å². The SMILES string of the molecule is C[C@@H](CCOCc1ccccc1)CS(=O)(=O)c1nnnn1-c1ccccc1. The Morgan fingerprint density at radius 1 is 1.04 bits per heavy atom. The van der Waals surface area contributed by atoms with E-state index in [0.29, 0.717) is 25.3 Å². The van der Waals surface area contributed by atoms with Crippen LogP contribution < -0.4 is 0 Å². The highest BCUT2D eigenvalue weighted by Gasteiger charge is 2.26. The molecule has 2 aromatic carbocycles. The summed E-state index contributed by atoms with van der Waals surface area (Å²) in [7, 11) is -3.61. The van der Waals surface area contributed by atoms with Crippen LogP contribution in [0.15, 0.2) is 65.8 Å². The molecule has 0 N–H and O–H groups in total. The van der Waals surface area contributed by atoms with Crippen LogP contribution in [0.3, 0.4) is 0 Å². The first kappa shape index (κ1) is 19.2. The number of para-hydroxylation sites is 1. The Hall–Kier alpha value is -2.58. The van der Waals surface area contributed by atoms with E-state index < -0.39 is 9.84 Å². The van der Waals surface area contributed by atoms with Crippen molar-refractivity contribution in [1.82, 2.24) is 20.2 Å². The van der Waals surface area contributed by atoms with Crippen LogP contribution >= 0.6 is 0 Å². The highest BCUT2D eigenvalue weighted by molar-refractivity contribution is 7.91. The van der Waals surface area contributed by atoms with Crippen LogP contribution in [0.5, 0.6) is 0 Å². The summed E-state index contributed by atoms with van der Waals surface area (Å²) in [5.74, 6) is -0.110. The first-order valence-corrected chi connectivity index (χ1v) is 10.4. The fourth-order valence-electron chi connectivity index (χ4n) is 2.69. The Labute approximate surface area is 158 Å². The summed E-state index contributed by atoms with van der Waals surface area (Å²) in [6, 6.07) is 18.9. The molecule has 27 heavy (non-hydrogen) atoms. The number of benzene rings is 2. The van der Waals surface area contributed by atoms with E-state index in [2.05, 4.69) is 15.5 Å². The number of rotatable bonds is 9. The molecule has 1 heterocycles. The number of hydrogen-bond acceptors (Lipinski definition) is 6. The van der Waals surface area contributed by atoms with Crippen molar-refractivity contribution < 1.29 is 13.2 Å². The Morgan fingerprint density at radius 3 is 2.41 bits per heavy atom. The Balaban J connectivity index is 1.56. The van der Waals surface area contributed by atoms with Gasteiger partial charge in [-0.25, -0.2) is 8.42 Å². The third-order valence-electron chi connectivity index (χ3n) is 4.09. The molecule has 8 heteroatoms. The third kappa shape index (κ3) is 5.21. The van der Waals surface area contributed by atoms with Crippen LogP contribution in [-0.2, 0) is 21.2 Å². The molecule has 0 saturated carbocycles. The van der Waals surface area contributed by atoms with Gasteiger partial charge in [-0.15, -0.1) is 0 Å². The monoisotopic (exact) mass is 386 g/mol. The van der Waals surface area contributed by atoms with E-state index in [-0.39, 0.29) is 16.8 Å². The minimum atomic E-state index is -3.61. The van der Waals surface area contributed by atoms with Crippen LogP contribution in [0, 0.1) is 5.92 Å². The second-order valence-corrected chi connectivity index (χ2v) is 8.35. The molecule has 0 fully saturated rings. The van der Waals surface area contributed by atoms with E-state index in [1.54, 1.807) is 24.3 Å². The molecule has 7 nitrogen and oxygen atoms in total. The lowest BCUT2D eigenvalue weighted by Gasteiger charge is -2.12. The second kappa shape index (κ2) is 8.88. The summed E-state index contributed by atoms with van der Waals surface area (Å²) in [5, 5.41) is 11.0. The smallest absolute Gasteiger partial charge is 0.272 e. The molecule has 0 aliphatic carbocycles. The van der Waals surface area contributed by atoms with Gasteiger partial charge in [0.2, 0.25) is 9.84 Å². The fraction of sp³-hybridized carbons (Fsp3) is 0.316. The predicted molar refractivity (Wildman–Crippen MR) is 101 cm³/mol. The molecule has 0 amide bonds. The van der Waals surface area contributed by atoms with Crippen molar-refractivity contribution in [1.29, 1.82) is 0 Å². The van der Waals surface area contributed by atoms with Gasteiger partial charge in [0.15, 0.2) is 0 Å². The van der Waals surface area contributed by atoms with Crippen LogP contribution in [0.4, 0.5) is 0 Å².